The van der Waals surface area contributed by atoms with Crippen LogP contribution in [0.2, 0.25) is 0 Å². The van der Waals surface area contributed by atoms with Crippen molar-refractivity contribution in [2.75, 3.05) is 12.8 Å². The Morgan fingerprint density at radius 3 is 2.26 bits per heavy atom. The Morgan fingerprint density at radius 1 is 0.914 bits per heavy atom. The number of nitrogen functional groups attached to an aromatic ring is 1. The number of nitrogens with one attached hydrogen (secondary N) is 1. The summed E-state index contributed by atoms with van der Waals surface area (Å²) in [4.78, 5) is 12.6. The number of benzene rings is 3. The molecule has 0 radical (unpaired) electrons. The van der Waals surface area contributed by atoms with E-state index in [0.29, 0.717) is 22.6 Å². The highest BCUT2D eigenvalue weighted by Gasteiger charge is 2.25. The second-order valence-corrected chi connectivity index (χ2v) is 10.8. The fraction of sp³-hybridized carbons (Fsp3) is 0.154. The maximum Gasteiger partial charge on any atom is 0.244 e. The van der Waals surface area contributed by atoms with Gasteiger partial charge < -0.3 is 15.5 Å². The minimum absolute atomic E-state index is 0.0601. The van der Waals surface area contributed by atoms with Gasteiger partial charge in [0.15, 0.2) is 0 Å². The van der Waals surface area contributed by atoms with Crippen molar-refractivity contribution in [3.63, 3.8) is 0 Å². The van der Waals surface area contributed by atoms with Crippen molar-refractivity contribution in [3.8, 4) is 39.7 Å². The van der Waals surface area contributed by atoms with Gasteiger partial charge in [-0.25, -0.2) is 22.4 Å². The van der Waals surface area contributed by atoms with Crippen molar-refractivity contribution < 1.29 is 13.2 Å². The zero-order valence-corrected chi connectivity index (χ0v) is 20.4. The van der Waals surface area contributed by atoms with Crippen LogP contribution in [0.15, 0.2) is 72.8 Å². The quantitative estimate of drug-likeness (QED) is 0.351. The van der Waals surface area contributed by atoms with Crippen molar-refractivity contribution in [3.05, 3.63) is 72.8 Å². The molecule has 9 heteroatoms. The lowest BCUT2D eigenvalue weighted by Crippen LogP contribution is -2.23. The number of hydrogen-bond donors (Lipinski definition) is 2. The van der Waals surface area contributed by atoms with Gasteiger partial charge in [-0.1, -0.05) is 36.4 Å². The van der Waals surface area contributed by atoms with Gasteiger partial charge >= 0.3 is 0 Å². The number of nitrogens with zero attached hydrogens (tertiary/aromatic N) is 3. The van der Waals surface area contributed by atoms with Crippen LogP contribution in [-0.2, 0) is 10.0 Å². The SMILES string of the molecule is COc1ccc(-c2nc(-c3ccc4nc(N)n(S(=O)(=O)C(C)C)c4c3)c(-c3ccccc3)[nH]2)cc1. The molecule has 5 rings (SSSR count). The Balaban J connectivity index is 1.72. The molecular formula is C26H25N5O3S. The first-order chi connectivity index (χ1) is 16.8. The van der Waals surface area contributed by atoms with Crippen LogP contribution in [-0.4, -0.2) is 39.7 Å². The molecule has 0 aliphatic carbocycles. The molecule has 2 heterocycles. The van der Waals surface area contributed by atoms with Crippen LogP contribution in [0.1, 0.15) is 13.8 Å². The molecule has 0 fully saturated rings. The predicted octanol–water partition coefficient (Wildman–Crippen LogP) is 4.94. The van der Waals surface area contributed by atoms with E-state index in [0.717, 1.165) is 32.1 Å². The molecule has 2 aromatic heterocycles. The molecule has 0 aliphatic rings. The van der Waals surface area contributed by atoms with Crippen molar-refractivity contribution in [2.24, 2.45) is 0 Å². The topological polar surface area (TPSA) is 116 Å². The van der Waals surface area contributed by atoms with Gasteiger partial charge in [-0.2, -0.15) is 0 Å². The molecule has 35 heavy (non-hydrogen) atoms. The average Bonchev–Trinajstić information content (AvgIpc) is 3.45. The highest BCUT2D eigenvalue weighted by molar-refractivity contribution is 7.90. The zero-order chi connectivity index (χ0) is 24.7. The summed E-state index contributed by atoms with van der Waals surface area (Å²) >= 11 is 0. The molecule has 5 aromatic rings. The molecule has 0 saturated heterocycles. The molecule has 178 valence electrons. The first-order valence-corrected chi connectivity index (χ1v) is 12.6. The van der Waals surface area contributed by atoms with Crippen LogP contribution in [0, 0.1) is 0 Å². The van der Waals surface area contributed by atoms with Crippen LogP contribution in [0.5, 0.6) is 5.75 Å². The molecule has 0 spiro atoms. The van der Waals surface area contributed by atoms with E-state index in [1.165, 1.54) is 0 Å². The van der Waals surface area contributed by atoms with Gasteiger partial charge in [0.1, 0.15) is 11.6 Å². The van der Waals surface area contributed by atoms with Gasteiger partial charge in [0.05, 0.1) is 34.8 Å². The summed E-state index contributed by atoms with van der Waals surface area (Å²) in [5.74, 6) is 1.38. The molecular weight excluding hydrogens is 462 g/mol. The van der Waals surface area contributed by atoms with E-state index in [1.54, 1.807) is 33.1 Å². The Kier molecular flexibility index (Phi) is 5.56. The number of nitrogens with two attached hydrogens (primary N) is 1. The fourth-order valence-corrected chi connectivity index (χ4v) is 5.12. The smallest absolute Gasteiger partial charge is 0.244 e. The van der Waals surface area contributed by atoms with Crippen molar-refractivity contribution >= 4 is 27.0 Å². The molecule has 3 aromatic carbocycles. The molecule has 0 saturated carbocycles. The van der Waals surface area contributed by atoms with Crippen LogP contribution < -0.4 is 10.5 Å². The van der Waals surface area contributed by atoms with Gasteiger partial charge in [0, 0.05) is 16.7 Å². The van der Waals surface area contributed by atoms with Gasteiger partial charge in [0.25, 0.3) is 0 Å². The summed E-state index contributed by atoms with van der Waals surface area (Å²) in [6.07, 6.45) is 0. The van der Waals surface area contributed by atoms with Crippen LogP contribution in [0.3, 0.4) is 0 Å². The van der Waals surface area contributed by atoms with Crippen molar-refractivity contribution in [1.29, 1.82) is 0 Å². The van der Waals surface area contributed by atoms with E-state index in [2.05, 4.69) is 9.97 Å². The maximum atomic E-state index is 13.0. The number of anilines is 1. The molecule has 0 aliphatic heterocycles. The number of hydrogen-bond acceptors (Lipinski definition) is 6. The Hall–Kier alpha value is -4.11. The monoisotopic (exact) mass is 487 g/mol. The molecule has 0 unspecified atom stereocenters. The van der Waals surface area contributed by atoms with Crippen LogP contribution in [0.25, 0.3) is 44.9 Å². The van der Waals surface area contributed by atoms with Crippen molar-refractivity contribution in [2.45, 2.75) is 19.1 Å². The minimum Gasteiger partial charge on any atom is -0.497 e. The van der Waals surface area contributed by atoms with E-state index in [4.69, 9.17) is 15.5 Å². The number of aromatic nitrogens is 4. The van der Waals surface area contributed by atoms with Crippen LogP contribution >= 0.6 is 0 Å². The van der Waals surface area contributed by atoms with Gasteiger partial charge in [-0.05, 0) is 50.2 Å². The lowest BCUT2D eigenvalue weighted by atomic mass is 10.0. The van der Waals surface area contributed by atoms with E-state index in [1.807, 2.05) is 60.7 Å². The highest BCUT2D eigenvalue weighted by Crippen LogP contribution is 2.35. The number of rotatable bonds is 6. The lowest BCUT2D eigenvalue weighted by Gasteiger charge is -2.11. The second-order valence-electron chi connectivity index (χ2n) is 8.44. The molecule has 3 N–H and O–H groups in total. The van der Waals surface area contributed by atoms with Crippen LogP contribution in [0.4, 0.5) is 5.95 Å². The Morgan fingerprint density at radius 2 is 1.60 bits per heavy atom. The fourth-order valence-electron chi connectivity index (χ4n) is 3.98. The molecule has 0 amide bonds. The number of fused-ring (bicyclic) bond motifs is 1. The largest absolute Gasteiger partial charge is 0.497 e. The third-order valence-corrected chi connectivity index (χ3v) is 7.97. The maximum absolute atomic E-state index is 13.0. The number of H-pyrrole nitrogens is 1. The Labute approximate surface area is 203 Å². The standard InChI is InChI=1S/C26H25N5O3S/c1-16(2)35(32,33)31-22-15-19(11-14-21(22)28-26(31)27)24-23(17-7-5-4-6-8-17)29-25(30-24)18-9-12-20(34-3)13-10-18/h4-16H,1-3H3,(H2,27,28)(H,29,30). The normalized spacial score (nSPS) is 11.9. The number of aromatic amines is 1. The summed E-state index contributed by atoms with van der Waals surface area (Å²) in [6, 6.07) is 22.9. The van der Waals surface area contributed by atoms with E-state index >= 15 is 0 Å². The summed E-state index contributed by atoms with van der Waals surface area (Å²) in [6.45, 7) is 3.24. The van der Waals surface area contributed by atoms with Gasteiger partial charge in [0.2, 0.25) is 16.0 Å². The van der Waals surface area contributed by atoms with Crippen molar-refractivity contribution in [1.82, 2.24) is 18.9 Å². The minimum atomic E-state index is -3.71. The van der Waals surface area contributed by atoms with Gasteiger partial charge in [-0.3, -0.25) is 0 Å². The average molecular weight is 488 g/mol. The molecule has 8 nitrogen and oxygen atoms in total. The number of ether oxygens (including phenoxy) is 1. The van der Waals surface area contributed by atoms with E-state index < -0.39 is 15.3 Å². The summed E-state index contributed by atoms with van der Waals surface area (Å²) < 4.78 is 32.4. The third kappa shape index (κ3) is 3.93. The van der Waals surface area contributed by atoms with E-state index in [9.17, 15) is 8.42 Å². The first-order valence-electron chi connectivity index (χ1n) is 11.1. The number of imidazole rings is 2. The predicted molar refractivity (Wildman–Crippen MR) is 139 cm³/mol. The second kappa shape index (κ2) is 8.59. The van der Waals surface area contributed by atoms with Gasteiger partial charge in [-0.15, -0.1) is 0 Å². The van der Waals surface area contributed by atoms with E-state index in [-0.39, 0.29) is 5.95 Å². The summed E-state index contributed by atoms with van der Waals surface area (Å²) in [7, 11) is -2.08. The third-order valence-electron chi connectivity index (χ3n) is 5.89. The number of methoxy groups -OCH3 is 1. The first kappa shape index (κ1) is 22.7. The summed E-state index contributed by atoms with van der Waals surface area (Å²) in [5, 5.41) is -0.655. The Bertz CT molecular complexity index is 1620. The lowest BCUT2D eigenvalue weighted by molar-refractivity contribution is 0.415. The molecule has 0 bridgehead atoms. The highest BCUT2D eigenvalue weighted by atomic mass is 32.2. The molecule has 0 atom stereocenters. The summed E-state index contributed by atoms with van der Waals surface area (Å²) in [5.41, 5.74) is 11.1. The zero-order valence-electron chi connectivity index (χ0n) is 19.6.